The van der Waals surface area contributed by atoms with Gasteiger partial charge in [-0.05, 0) is 31.7 Å². The average molecular weight is 237 g/mol. The molecule has 1 atom stereocenters. The van der Waals surface area contributed by atoms with Crippen LogP contribution in [0.15, 0.2) is 18.2 Å². The van der Waals surface area contributed by atoms with Gasteiger partial charge in [-0.3, -0.25) is 4.79 Å². The van der Waals surface area contributed by atoms with E-state index in [1.807, 2.05) is 13.8 Å². The molecular weight excluding hydrogens is 218 g/mol. The van der Waals surface area contributed by atoms with Crippen molar-refractivity contribution in [3.63, 3.8) is 0 Å². The highest BCUT2D eigenvalue weighted by Gasteiger charge is 2.16. The number of carbonyl (C=O) groups excluding carboxylic acids is 1. The van der Waals surface area contributed by atoms with Crippen LogP contribution in [0.5, 0.6) is 11.5 Å². The monoisotopic (exact) mass is 237 g/mol. The molecule has 0 saturated heterocycles. The van der Waals surface area contributed by atoms with Crippen LogP contribution in [0.3, 0.4) is 0 Å². The second-order valence-electron chi connectivity index (χ2n) is 3.71. The van der Waals surface area contributed by atoms with E-state index < -0.39 is 0 Å². The van der Waals surface area contributed by atoms with E-state index in [2.05, 4.69) is 5.32 Å². The summed E-state index contributed by atoms with van der Waals surface area (Å²) in [6.45, 7) is 4.58. The molecule has 0 radical (unpaired) electrons. The minimum absolute atomic E-state index is 0.0489. The second kappa shape index (κ2) is 6.25. The molecule has 1 aromatic carbocycles. The summed E-state index contributed by atoms with van der Waals surface area (Å²) in [5.41, 5.74) is 0.621. The van der Waals surface area contributed by atoms with Gasteiger partial charge >= 0.3 is 0 Å². The fourth-order valence-electron chi connectivity index (χ4n) is 1.64. The van der Waals surface area contributed by atoms with Crippen LogP contribution in [-0.2, 0) is 0 Å². The number of likely N-dealkylation sites (N-methyl/N-ethyl adjacent to an activating group) is 1. The molecule has 0 saturated carbocycles. The third kappa shape index (κ3) is 3.20. The number of rotatable bonds is 6. The van der Waals surface area contributed by atoms with Crippen LogP contribution in [0.2, 0.25) is 0 Å². The molecular formula is C13H19NO3. The maximum Gasteiger partial charge on any atom is 0.179 e. The first-order chi connectivity index (χ1) is 8.13. The average Bonchev–Trinajstić information content (AvgIpc) is 2.37. The minimum atomic E-state index is -0.196. The van der Waals surface area contributed by atoms with Gasteiger partial charge in [-0.25, -0.2) is 0 Å². The molecule has 0 aliphatic heterocycles. The molecule has 0 aliphatic rings. The van der Waals surface area contributed by atoms with E-state index in [0.29, 0.717) is 17.1 Å². The number of hydrogen-bond donors (Lipinski definition) is 1. The van der Waals surface area contributed by atoms with Crippen molar-refractivity contribution >= 4 is 5.78 Å². The summed E-state index contributed by atoms with van der Waals surface area (Å²) in [5, 5.41) is 3.09. The van der Waals surface area contributed by atoms with Gasteiger partial charge in [0, 0.05) is 5.56 Å². The number of Topliss-reactive ketones (excluding diaryl/α,β-unsaturated/α-hetero) is 1. The Labute approximate surface area is 102 Å². The van der Waals surface area contributed by atoms with E-state index >= 15 is 0 Å². The molecule has 94 valence electrons. The van der Waals surface area contributed by atoms with Crippen molar-refractivity contribution < 1.29 is 14.3 Å². The molecule has 4 nitrogen and oxygen atoms in total. The first kappa shape index (κ1) is 13.5. The van der Waals surface area contributed by atoms with Gasteiger partial charge < -0.3 is 14.8 Å². The van der Waals surface area contributed by atoms with Crippen LogP contribution in [0.1, 0.15) is 24.2 Å². The van der Waals surface area contributed by atoms with Crippen molar-refractivity contribution in [3.8, 4) is 11.5 Å². The van der Waals surface area contributed by atoms with Crippen molar-refractivity contribution in [1.82, 2.24) is 5.32 Å². The Morgan fingerprint density at radius 3 is 2.47 bits per heavy atom. The lowest BCUT2D eigenvalue weighted by Gasteiger charge is -2.13. The van der Waals surface area contributed by atoms with Gasteiger partial charge in [0.15, 0.2) is 17.3 Å². The van der Waals surface area contributed by atoms with E-state index in [4.69, 9.17) is 9.47 Å². The normalized spacial score (nSPS) is 12.0. The summed E-state index contributed by atoms with van der Waals surface area (Å²) >= 11 is 0. The Bertz CT molecular complexity index is 390. The maximum absolute atomic E-state index is 12.0. The topological polar surface area (TPSA) is 47.6 Å². The van der Waals surface area contributed by atoms with Crippen LogP contribution in [0.25, 0.3) is 0 Å². The molecule has 0 aromatic heterocycles. The molecule has 0 aliphatic carbocycles. The SMILES string of the molecule is CCNC(C)C(=O)c1ccc(OC)c(OC)c1. The molecule has 0 heterocycles. The highest BCUT2D eigenvalue weighted by molar-refractivity contribution is 6.00. The van der Waals surface area contributed by atoms with Gasteiger partial charge in [0.1, 0.15) is 0 Å². The van der Waals surface area contributed by atoms with Gasteiger partial charge in [-0.15, -0.1) is 0 Å². The van der Waals surface area contributed by atoms with Gasteiger partial charge in [0.25, 0.3) is 0 Å². The van der Waals surface area contributed by atoms with Crippen molar-refractivity contribution in [3.05, 3.63) is 23.8 Å². The van der Waals surface area contributed by atoms with Gasteiger partial charge in [-0.1, -0.05) is 6.92 Å². The number of ether oxygens (including phenoxy) is 2. The smallest absolute Gasteiger partial charge is 0.179 e. The van der Waals surface area contributed by atoms with Crippen molar-refractivity contribution in [2.24, 2.45) is 0 Å². The van der Waals surface area contributed by atoms with Gasteiger partial charge in [-0.2, -0.15) is 0 Å². The maximum atomic E-state index is 12.0. The van der Waals surface area contributed by atoms with Crippen LogP contribution in [-0.4, -0.2) is 32.6 Å². The largest absolute Gasteiger partial charge is 0.493 e. The van der Waals surface area contributed by atoms with Crippen molar-refractivity contribution in [2.45, 2.75) is 19.9 Å². The number of hydrogen-bond acceptors (Lipinski definition) is 4. The molecule has 1 rings (SSSR count). The summed E-state index contributed by atoms with van der Waals surface area (Å²) in [4.78, 5) is 12.0. The van der Waals surface area contributed by atoms with E-state index in [9.17, 15) is 4.79 Å². The summed E-state index contributed by atoms with van der Waals surface area (Å²) in [6.07, 6.45) is 0. The molecule has 4 heteroatoms. The molecule has 1 N–H and O–H groups in total. The van der Waals surface area contributed by atoms with Crippen LogP contribution >= 0.6 is 0 Å². The first-order valence-corrected chi connectivity index (χ1v) is 5.63. The Morgan fingerprint density at radius 2 is 1.94 bits per heavy atom. The fraction of sp³-hybridized carbons (Fsp3) is 0.462. The van der Waals surface area contributed by atoms with E-state index in [-0.39, 0.29) is 11.8 Å². The minimum Gasteiger partial charge on any atom is -0.493 e. The third-order valence-electron chi connectivity index (χ3n) is 2.57. The predicted molar refractivity (Wildman–Crippen MR) is 67.0 cm³/mol. The standard InChI is InChI=1S/C13H19NO3/c1-5-14-9(2)13(15)10-6-7-11(16-3)12(8-10)17-4/h6-9,14H,5H2,1-4H3. The Hall–Kier alpha value is -1.55. The summed E-state index contributed by atoms with van der Waals surface area (Å²) < 4.78 is 10.3. The number of ketones is 1. The summed E-state index contributed by atoms with van der Waals surface area (Å²) in [6, 6.07) is 5.00. The Morgan fingerprint density at radius 1 is 1.29 bits per heavy atom. The van der Waals surface area contributed by atoms with Crippen LogP contribution in [0.4, 0.5) is 0 Å². The molecule has 0 bridgehead atoms. The summed E-state index contributed by atoms with van der Waals surface area (Å²) in [7, 11) is 3.13. The Balaban J connectivity index is 2.95. The zero-order chi connectivity index (χ0) is 12.8. The summed E-state index contributed by atoms with van der Waals surface area (Å²) in [5.74, 6) is 1.25. The lowest BCUT2D eigenvalue weighted by atomic mass is 10.0. The quantitative estimate of drug-likeness (QED) is 0.767. The molecule has 17 heavy (non-hydrogen) atoms. The number of benzene rings is 1. The van der Waals surface area contributed by atoms with Gasteiger partial charge in [0.2, 0.25) is 0 Å². The zero-order valence-electron chi connectivity index (χ0n) is 10.7. The number of carbonyl (C=O) groups is 1. The molecule has 0 fully saturated rings. The molecule has 1 aromatic rings. The van der Waals surface area contributed by atoms with Crippen molar-refractivity contribution in [2.75, 3.05) is 20.8 Å². The number of nitrogens with one attached hydrogen (secondary N) is 1. The van der Waals surface area contributed by atoms with E-state index in [1.54, 1.807) is 32.4 Å². The van der Waals surface area contributed by atoms with E-state index in [0.717, 1.165) is 6.54 Å². The lowest BCUT2D eigenvalue weighted by Crippen LogP contribution is -2.33. The van der Waals surface area contributed by atoms with Crippen molar-refractivity contribution in [1.29, 1.82) is 0 Å². The predicted octanol–water partition coefficient (Wildman–Crippen LogP) is 1.88. The fourth-order valence-corrected chi connectivity index (χ4v) is 1.64. The zero-order valence-corrected chi connectivity index (χ0v) is 10.7. The number of methoxy groups -OCH3 is 2. The van der Waals surface area contributed by atoms with Crippen LogP contribution < -0.4 is 14.8 Å². The highest BCUT2D eigenvalue weighted by atomic mass is 16.5. The third-order valence-corrected chi connectivity index (χ3v) is 2.57. The molecule has 0 spiro atoms. The molecule has 1 unspecified atom stereocenters. The molecule has 0 amide bonds. The lowest BCUT2D eigenvalue weighted by molar-refractivity contribution is 0.0951. The first-order valence-electron chi connectivity index (χ1n) is 5.63. The Kier molecular flexibility index (Phi) is 4.97. The second-order valence-corrected chi connectivity index (χ2v) is 3.71. The van der Waals surface area contributed by atoms with E-state index in [1.165, 1.54) is 0 Å². The van der Waals surface area contributed by atoms with Gasteiger partial charge in [0.05, 0.1) is 20.3 Å². The highest BCUT2D eigenvalue weighted by Crippen LogP contribution is 2.27. The van der Waals surface area contributed by atoms with Crippen LogP contribution in [0, 0.1) is 0 Å².